The quantitative estimate of drug-likeness (QED) is 0.561. The normalized spacial score (nSPS) is 12.1. The molecule has 4 heteroatoms. The zero-order chi connectivity index (χ0) is 13.4. The van der Waals surface area contributed by atoms with E-state index in [1.165, 1.54) is 0 Å². The van der Waals surface area contributed by atoms with Crippen molar-refractivity contribution in [2.24, 2.45) is 0 Å². The maximum atomic E-state index is 9.83. The lowest BCUT2D eigenvalue weighted by Gasteiger charge is -2.16. The second kappa shape index (κ2) is 8.06. The Morgan fingerprint density at radius 1 is 1.56 bits per heavy atom. The molecule has 1 rings (SSSR count). The van der Waals surface area contributed by atoms with E-state index in [4.69, 9.17) is 4.74 Å². The number of phenols is 1. The predicted molar refractivity (Wildman–Crippen MR) is 78.6 cm³/mol. The van der Waals surface area contributed by atoms with Crippen LogP contribution in [0.25, 0.3) is 0 Å². The molecule has 0 spiro atoms. The number of hydrogen-bond acceptors (Lipinski definition) is 4. The van der Waals surface area contributed by atoms with E-state index in [0.717, 1.165) is 29.4 Å². The van der Waals surface area contributed by atoms with Crippen LogP contribution in [0.15, 0.2) is 30.9 Å². The third kappa shape index (κ3) is 4.63. The average molecular weight is 267 g/mol. The van der Waals surface area contributed by atoms with Crippen LogP contribution in [-0.4, -0.2) is 30.3 Å². The van der Waals surface area contributed by atoms with E-state index in [-0.39, 0.29) is 6.04 Å². The van der Waals surface area contributed by atoms with Gasteiger partial charge in [0, 0.05) is 29.7 Å². The molecular weight excluding hydrogens is 246 g/mol. The van der Waals surface area contributed by atoms with Gasteiger partial charge in [0.1, 0.15) is 11.5 Å². The molecule has 1 aromatic carbocycles. The van der Waals surface area contributed by atoms with Crippen molar-refractivity contribution in [1.29, 1.82) is 0 Å². The summed E-state index contributed by atoms with van der Waals surface area (Å²) in [4.78, 5) is 0. The molecule has 0 aliphatic carbocycles. The summed E-state index contributed by atoms with van der Waals surface area (Å²) in [5.74, 6) is 3.06. The molecule has 1 aromatic rings. The van der Waals surface area contributed by atoms with Gasteiger partial charge in [-0.25, -0.2) is 0 Å². The molecule has 18 heavy (non-hydrogen) atoms. The minimum absolute atomic E-state index is 0.101. The molecule has 0 aliphatic rings. The van der Waals surface area contributed by atoms with Crippen molar-refractivity contribution in [1.82, 2.24) is 5.32 Å². The van der Waals surface area contributed by atoms with Crippen molar-refractivity contribution in [3.8, 4) is 11.5 Å². The Morgan fingerprint density at radius 2 is 2.33 bits per heavy atom. The molecule has 100 valence electrons. The van der Waals surface area contributed by atoms with Crippen molar-refractivity contribution >= 4 is 11.8 Å². The van der Waals surface area contributed by atoms with Gasteiger partial charge in [0.05, 0.1) is 7.11 Å². The molecule has 0 heterocycles. The van der Waals surface area contributed by atoms with Gasteiger partial charge >= 0.3 is 0 Å². The third-order valence-electron chi connectivity index (χ3n) is 2.63. The summed E-state index contributed by atoms with van der Waals surface area (Å²) in [6, 6.07) is 5.39. The summed E-state index contributed by atoms with van der Waals surface area (Å²) in [5.41, 5.74) is 0.864. The Balaban J connectivity index is 2.49. The van der Waals surface area contributed by atoms with Crippen LogP contribution in [0.2, 0.25) is 0 Å². The van der Waals surface area contributed by atoms with Crippen LogP contribution in [0, 0.1) is 0 Å². The smallest absolute Gasteiger partial charge is 0.120 e. The molecular formula is C14H21NO2S. The molecule has 3 nitrogen and oxygen atoms in total. The van der Waals surface area contributed by atoms with Crippen LogP contribution < -0.4 is 10.1 Å². The second-order valence-electron chi connectivity index (χ2n) is 3.96. The first-order chi connectivity index (χ1) is 8.69. The molecule has 0 saturated heterocycles. The minimum atomic E-state index is 0.101. The summed E-state index contributed by atoms with van der Waals surface area (Å²) in [7, 11) is 1.63. The number of aromatic hydroxyl groups is 1. The van der Waals surface area contributed by atoms with E-state index in [1.807, 2.05) is 30.8 Å². The molecule has 1 unspecified atom stereocenters. The van der Waals surface area contributed by atoms with Crippen LogP contribution in [-0.2, 0) is 0 Å². The van der Waals surface area contributed by atoms with Gasteiger partial charge in [-0.2, -0.15) is 11.8 Å². The summed E-state index contributed by atoms with van der Waals surface area (Å²) in [6.45, 7) is 6.62. The summed E-state index contributed by atoms with van der Waals surface area (Å²) in [5, 5.41) is 13.2. The topological polar surface area (TPSA) is 41.5 Å². The first-order valence-electron chi connectivity index (χ1n) is 5.98. The Kier molecular flexibility index (Phi) is 6.68. The zero-order valence-electron chi connectivity index (χ0n) is 11.0. The fourth-order valence-electron chi connectivity index (χ4n) is 1.63. The fourth-order valence-corrected chi connectivity index (χ4v) is 2.23. The van der Waals surface area contributed by atoms with Gasteiger partial charge in [-0.15, -0.1) is 6.58 Å². The standard InChI is InChI=1S/C14H21NO2S/c1-4-8-18-9-7-15-11(2)13-10-12(17-3)5-6-14(13)16/h4-6,10-11,15-16H,1,7-9H2,2-3H3. The lowest BCUT2D eigenvalue weighted by Crippen LogP contribution is -2.21. The Labute approximate surface area is 113 Å². The lowest BCUT2D eigenvalue weighted by atomic mass is 10.1. The lowest BCUT2D eigenvalue weighted by molar-refractivity contribution is 0.408. The van der Waals surface area contributed by atoms with E-state index in [0.29, 0.717) is 5.75 Å². The third-order valence-corrected chi connectivity index (χ3v) is 3.60. The average Bonchev–Trinajstić information content (AvgIpc) is 2.39. The summed E-state index contributed by atoms with van der Waals surface area (Å²) in [6.07, 6.45) is 1.90. The highest BCUT2D eigenvalue weighted by molar-refractivity contribution is 7.99. The van der Waals surface area contributed by atoms with Crippen LogP contribution >= 0.6 is 11.8 Å². The predicted octanol–water partition coefficient (Wildman–Crippen LogP) is 2.97. The van der Waals surface area contributed by atoms with Crippen LogP contribution in [0.1, 0.15) is 18.5 Å². The van der Waals surface area contributed by atoms with Gasteiger partial charge < -0.3 is 15.2 Å². The molecule has 0 amide bonds. The number of methoxy groups -OCH3 is 1. The number of ether oxygens (including phenoxy) is 1. The summed E-state index contributed by atoms with van der Waals surface area (Å²) < 4.78 is 5.16. The number of hydrogen-bond donors (Lipinski definition) is 2. The van der Waals surface area contributed by atoms with Crippen molar-refractivity contribution in [2.45, 2.75) is 13.0 Å². The van der Waals surface area contributed by atoms with Crippen molar-refractivity contribution < 1.29 is 9.84 Å². The maximum absolute atomic E-state index is 9.83. The largest absolute Gasteiger partial charge is 0.508 e. The first kappa shape index (κ1) is 14.9. The van der Waals surface area contributed by atoms with Crippen LogP contribution in [0.3, 0.4) is 0 Å². The highest BCUT2D eigenvalue weighted by atomic mass is 32.2. The first-order valence-corrected chi connectivity index (χ1v) is 7.13. The van der Waals surface area contributed by atoms with Crippen LogP contribution in [0.5, 0.6) is 11.5 Å². The number of nitrogens with one attached hydrogen (secondary N) is 1. The molecule has 0 aliphatic heterocycles. The van der Waals surface area contributed by atoms with E-state index < -0.39 is 0 Å². The molecule has 0 aromatic heterocycles. The molecule has 1 atom stereocenters. The molecule has 0 radical (unpaired) electrons. The van der Waals surface area contributed by atoms with E-state index >= 15 is 0 Å². The van der Waals surface area contributed by atoms with Crippen molar-refractivity contribution in [3.05, 3.63) is 36.4 Å². The van der Waals surface area contributed by atoms with E-state index in [1.54, 1.807) is 19.2 Å². The van der Waals surface area contributed by atoms with Crippen LogP contribution in [0.4, 0.5) is 0 Å². The summed E-state index contributed by atoms with van der Waals surface area (Å²) >= 11 is 1.83. The van der Waals surface area contributed by atoms with Gasteiger partial charge in [0.25, 0.3) is 0 Å². The highest BCUT2D eigenvalue weighted by Crippen LogP contribution is 2.28. The van der Waals surface area contributed by atoms with Crippen molar-refractivity contribution in [3.63, 3.8) is 0 Å². The minimum Gasteiger partial charge on any atom is -0.508 e. The number of benzene rings is 1. The van der Waals surface area contributed by atoms with Gasteiger partial charge in [-0.1, -0.05) is 6.08 Å². The van der Waals surface area contributed by atoms with Gasteiger partial charge in [-0.3, -0.25) is 0 Å². The zero-order valence-corrected chi connectivity index (χ0v) is 11.8. The molecule has 0 fully saturated rings. The Morgan fingerprint density at radius 3 is 3.00 bits per heavy atom. The number of phenolic OH excluding ortho intramolecular Hbond substituents is 1. The van der Waals surface area contributed by atoms with Gasteiger partial charge in [-0.05, 0) is 25.1 Å². The molecule has 0 saturated carbocycles. The SMILES string of the molecule is C=CCSCCNC(C)c1cc(OC)ccc1O. The monoisotopic (exact) mass is 267 g/mol. The number of rotatable bonds is 8. The van der Waals surface area contributed by atoms with Gasteiger partial charge in [0.15, 0.2) is 0 Å². The Hall–Kier alpha value is -1.13. The van der Waals surface area contributed by atoms with Crippen molar-refractivity contribution in [2.75, 3.05) is 25.2 Å². The second-order valence-corrected chi connectivity index (χ2v) is 5.11. The van der Waals surface area contributed by atoms with Gasteiger partial charge in [0.2, 0.25) is 0 Å². The number of thioether (sulfide) groups is 1. The van der Waals surface area contributed by atoms with E-state index in [2.05, 4.69) is 11.9 Å². The molecule has 0 bridgehead atoms. The Bertz CT molecular complexity index is 382. The van der Waals surface area contributed by atoms with E-state index in [9.17, 15) is 5.11 Å². The highest BCUT2D eigenvalue weighted by Gasteiger charge is 2.10. The maximum Gasteiger partial charge on any atom is 0.120 e. The molecule has 2 N–H and O–H groups in total. The fraction of sp³-hybridized carbons (Fsp3) is 0.429.